The highest BCUT2D eigenvalue weighted by atomic mass is 35.5. The number of benzene rings is 2. The molecular weight excluding hydrogens is 469 g/mol. The first-order valence-corrected chi connectivity index (χ1v) is 10.2. The molecule has 1 aliphatic heterocycles. The molecule has 2 aromatic carbocycles. The fourth-order valence-electron chi connectivity index (χ4n) is 2.92. The smallest absolute Gasteiger partial charge is 0.311 e. The van der Waals surface area contributed by atoms with Gasteiger partial charge in [-0.1, -0.05) is 46.9 Å². The van der Waals surface area contributed by atoms with Gasteiger partial charge in [0.05, 0.1) is 27.2 Å². The highest BCUT2D eigenvalue weighted by Gasteiger charge is 2.37. The lowest BCUT2D eigenvalue weighted by Gasteiger charge is -2.18. The number of nitrogens with zero attached hydrogens (tertiary/aromatic N) is 1. The van der Waals surface area contributed by atoms with E-state index in [2.05, 4.69) is 10.9 Å². The van der Waals surface area contributed by atoms with Crippen LogP contribution in [0.2, 0.25) is 15.1 Å². The zero-order valence-electron chi connectivity index (χ0n) is 15.9. The van der Waals surface area contributed by atoms with Gasteiger partial charge in [0, 0.05) is 18.0 Å². The van der Waals surface area contributed by atoms with E-state index in [1.54, 1.807) is 24.3 Å². The maximum absolute atomic E-state index is 12.3. The Hall–Kier alpha value is -2.81. The second kappa shape index (κ2) is 10.00. The zero-order chi connectivity index (χ0) is 22.5. The summed E-state index contributed by atoms with van der Waals surface area (Å²) in [6.07, 6.45) is -0.0907. The SMILES string of the molecule is O=C(COC(=O)[C@@H]1CC(=O)N(c2cc(Cl)ccc2Cl)C1)NNC(=O)c1ccccc1Cl. The van der Waals surface area contributed by atoms with E-state index < -0.39 is 30.3 Å². The summed E-state index contributed by atoms with van der Waals surface area (Å²) in [6.45, 7) is -0.590. The van der Waals surface area contributed by atoms with Crippen LogP contribution >= 0.6 is 34.8 Å². The van der Waals surface area contributed by atoms with Crippen molar-refractivity contribution < 1.29 is 23.9 Å². The van der Waals surface area contributed by atoms with Crippen LogP contribution in [0.15, 0.2) is 42.5 Å². The molecule has 3 rings (SSSR count). The Morgan fingerprint density at radius 2 is 1.77 bits per heavy atom. The van der Waals surface area contributed by atoms with Crippen LogP contribution in [0, 0.1) is 5.92 Å². The topological polar surface area (TPSA) is 105 Å². The summed E-state index contributed by atoms with van der Waals surface area (Å²) in [5, 5.41) is 0.935. The number of rotatable bonds is 5. The molecule has 0 radical (unpaired) electrons. The average Bonchev–Trinajstić information content (AvgIpc) is 3.13. The van der Waals surface area contributed by atoms with E-state index in [1.807, 2.05) is 0 Å². The predicted molar refractivity (Wildman–Crippen MR) is 115 cm³/mol. The van der Waals surface area contributed by atoms with Crippen LogP contribution in [0.1, 0.15) is 16.8 Å². The van der Waals surface area contributed by atoms with Crippen LogP contribution in [-0.2, 0) is 19.1 Å². The van der Waals surface area contributed by atoms with Gasteiger partial charge in [-0.2, -0.15) is 0 Å². The van der Waals surface area contributed by atoms with Crippen LogP contribution in [0.4, 0.5) is 5.69 Å². The first kappa shape index (κ1) is 22.9. The van der Waals surface area contributed by atoms with Crippen molar-refractivity contribution in [2.45, 2.75) is 6.42 Å². The maximum atomic E-state index is 12.3. The molecule has 1 atom stereocenters. The monoisotopic (exact) mass is 483 g/mol. The van der Waals surface area contributed by atoms with Crippen LogP contribution in [-0.4, -0.2) is 36.8 Å². The van der Waals surface area contributed by atoms with Gasteiger partial charge < -0.3 is 9.64 Å². The number of hydrazine groups is 1. The third-order valence-corrected chi connectivity index (χ3v) is 5.32. The number of esters is 1. The predicted octanol–water partition coefficient (Wildman–Crippen LogP) is 3.00. The van der Waals surface area contributed by atoms with Crippen molar-refractivity contribution in [2.24, 2.45) is 5.92 Å². The van der Waals surface area contributed by atoms with Crippen LogP contribution < -0.4 is 15.8 Å². The Labute approximate surface area is 192 Å². The van der Waals surface area contributed by atoms with Crippen molar-refractivity contribution in [3.05, 3.63) is 63.1 Å². The number of ether oxygens (including phenoxy) is 1. The van der Waals surface area contributed by atoms with E-state index in [0.29, 0.717) is 15.7 Å². The molecule has 2 aromatic rings. The molecule has 0 spiro atoms. The van der Waals surface area contributed by atoms with Crippen molar-refractivity contribution >= 4 is 64.2 Å². The lowest BCUT2D eigenvalue weighted by molar-refractivity contribution is -0.152. The van der Waals surface area contributed by atoms with E-state index in [4.69, 9.17) is 39.5 Å². The number of amides is 3. The summed E-state index contributed by atoms with van der Waals surface area (Å²) in [5.41, 5.74) is 4.87. The van der Waals surface area contributed by atoms with Gasteiger partial charge in [0.1, 0.15) is 0 Å². The standard InChI is InChI=1S/C20H16Cl3N3O5/c21-12-5-6-15(23)16(8-12)26-9-11(7-18(26)28)20(30)31-10-17(27)24-25-19(29)13-3-1-2-4-14(13)22/h1-6,8,11H,7,9-10H2,(H,24,27)(H,25,29)/t11-/m1/s1. The number of halogens is 3. The number of carbonyl (C=O) groups is 4. The molecule has 11 heteroatoms. The Balaban J connectivity index is 1.49. The number of hydrogen-bond acceptors (Lipinski definition) is 5. The molecule has 1 aliphatic rings. The van der Waals surface area contributed by atoms with Crippen LogP contribution in [0.3, 0.4) is 0 Å². The van der Waals surface area contributed by atoms with Gasteiger partial charge in [-0.3, -0.25) is 30.0 Å². The average molecular weight is 485 g/mol. The van der Waals surface area contributed by atoms with Crippen molar-refractivity contribution in [1.82, 2.24) is 10.9 Å². The van der Waals surface area contributed by atoms with Gasteiger partial charge in [-0.05, 0) is 30.3 Å². The van der Waals surface area contributed by atoms with Crippen LogP contribution in [0.5, 0.6) is 0 Å². The van der Waals surface area contributed by atoms with E-state index in [-0.39, 0.29) is 29.5 Å². The second-order valence-corrected chi connectivity index (χ2v) is 7.84. The van der Waals surface area contributed by atoms with Gasteiger partial charge in [-0.15, -0.1) is 0 Å². The van der Waals surface area contributed by atoms with E-state index >= 15 is 0 Å². The van der Waals surface area contributed by atoms with Gasteiger partial charge in [0.2, 0.25) is 5.91 Å². The first-order chi connectivity index (χ1) is 14.8. The minimum Gasteiger partial charge on any atom is -0.455 e. The fourth-order valence-corrected chi connectivity index (χ4v) is 3.53. The number of carbonyl (C=O) groups excluding carboxylic acids is 4. The first-order valence-electron chi connectivity index (χ1n) is 9.02. The molecule has 0 aromatic heterocycles. The largest absolute Gasteiger partial charge is 0.455 e. The summed E-state index contributed by atoms with van der Waals surface area (Å²) in [5.74, 6) is -3.19. The Bertz CT molecular complexity index is 1050. The minimum absolute atomic E-state index is 0.0442. The molecule has 31 heavy (non-hydrogen) atoms. The van der Waals surface area contributed by atoms with Gasteiger partial charge in [-0.25, -0.2) is 0 Å². The Morgan fingerprint density at radius 1 is 1.03 bits per heavy atom. The molecule has 1 heterocycles. The molecule has 3 amide bonds. The highest BCUT2D eigenvalue weighted by molar-refractivity contribution is 6.36. The lowest BCUT2D eigenvalue weighted by atomic mass is 10.1. The number of hydrogen-bond donors (Lipinski definition) is 2. The third kappa shape index (κ3) is 5.66. The number of anilines is 1. The molecular formula is C20H16Cl3N3O5. The third-order valence-electron chi connectivity index (χ3n) is 4.44. The molecule has 8 nitrogen and oxygen atoms in total. The summed E-state index contributed by atoms with van der Waals surface area (Å²) >= 11 is 18.0. The van der Waals surface area contributed by atoms with E-state index in [0.717, 1.165) is 0 Å². The maximum Gasteiger partial charge on any atom is 0.311 e. The molecule has 1 saturated heterocycles. The zero-order valence-corrected chi connectivity index (χ0v) is 18.1. The summed E-state index contributed by atoms with van der Waals surface area (Å²) in [7, 11) is 0. The molecule has 0 saturated carbocycles. The Kier molecular flexibility index (Phi) is 7.37. The molecule has 162 valence electrons. The summed E-state index contributed by atoms with van der Waals surface area (Å²) in [6, 6.07) is 11.0. The van der Waals surface area contributed by atoms with Crippen LogP contribution in [0.25, 0.3) is 0 Å². The molecule has 1 fully saturated rings. The van der Waals surface area contributed by atoms with E-state index in [1.165, 1.54) is 23.1 Å². The van der Waals surface area contributed by atoms with Gasteiger partial charge >= 0.3 is 5.97 Å². The van der Waals surface area contributed by atoms with Crippen molar-refractivity contribution in [3.8, 4) is 0 Å². The second-order valence-electron chi connectivity index (χ2n) is 6.59. The van der Waals surface area contributed by atoms with E-state index in [9.17, 15) is 19.2 Å². The molecule has 0 aliphatic carbocycles. The quantitative estimate of drug-likeness (QED) is 0.501. The Morgan fingerprint density at radius 3 is 2.52 bits per heavy atom. The van der Waals surface area contributed by atoms with Crippen molar-refractivity contribution in [3.63, 3.8) is 0 Å². The summed E-state index contributed by atoms with van der Waals surface area (Å²) in [4.78, 5) is 49.8. The summed E-state index contributed by atoms with van der Waals surface area (Å²) < 4.78 is 4.97. The molecule has 0 unspecified atom stereocenters. The lowest BCUT2D eigenvalue weighted by Crippen LogP contribution is -2.44. The van der Waals surface area contributed by atoms with Gasteiger partial charge in [0.15, 0.2) is 6.61 Å². The normalized spacial score (nSPS) is 15.5. The fraction of sp³-hybridized carbons (Fsp3) is 0.200. The van der Waals surface area contributed by atoms with Gasteiger partial charge in [0.25, 0.3) is 11.8 Å². The minimum atomic E-state index is -0.770. The molecule has 0 bridgehead atoms. The molecule has 2 N–H and O–H groups in total. The van der Waals surface area contributed by atoms with Crippen molar-refractivity contribution in [2.75, 3.05) is 18.1 Å². The highest BCUT2D eigenvalue weighted by Crippen LogP contribution is 2.33. The number of nitrogens with one attached hydrogen (secondary N) is 2. The van der Waals surface area contributed by atoms with Crippen molar-refractivity contribution in [1.29, 1.82) is 0 Å².